The lowest BCUT2D eigenvalue weighted by Crippen LogP contribution is -2.04. The number of nitrogens with two attached hydrogens (primary N) is 1. The molecule has 0 amide bonds. The third-order valence-corrected chi connectivity index (χ3v) is 2.88. The van der Waals surface area contributed by atoms with Gasteiger partial charge in [0, 0.05) is 11.3 Å². The van der Waals surface area contributed by atoms with Crippen molar-refractivity contribution in [3.63, 3.8) is 0 Å². The summed E-state index contributed by atoms with van der Waals surface area (Å²) in [7, 11) is 0. The fraction of sp³-hybridized carbons (Fsp3) is 0.0769. The van der Waals surface area contributed by atoms with Gasteiger partial charge in [-0.15, -0.1) is 0 Å². The number of hydrogen-bond donors (Lipinski definition) is 1. The standard InChI is InChI=1S/C13H8F3N3O/c14-13(15,16)8-3-1-2-7(4-8)10-5-9(17)6-11-12(10)19-20-18-11/h1-6H,17H2. The highest BCUT2D eigenvalue weighted by atomic mass is 19.4. The molecule has 2 aromatic carbocycles. The molecule has 1 aromatic heterocycles. The van der Waals surface area contributed by atoms with Gasteiger partial charge in [0.25, 0.3) is 0 Å². The second-order valence-electron chi connectivity index (χ2n) is 4.28. The van der Waals surface area contributed by atoms with Crippen LogP contribution in [0.15, 0.2) is 41.0 Å². The molecule has 2 N–H and O–H groups in total. The van der Waals surface area contributed by atoms with Gasteiger partial charge in [0.05, 0.1) is 5.56 Å². The van der Waals surface area contributed by atoms with Crippen molar-refractivity contribution in [2.45, 2.75) is 6.18 Å². The van der Waals surface area contributed by atoms with Gasteiger partial charge in [-0.25, -0.2) is 4.63 Å². The zero-order chi connectivity index (χ0) is 14.3. The van der Waals surface area contributed by atoms with Gasteiger partial charge >= 0.3 is 6.18 Å². The number of nitrogens with zero attached hydrogens (tertiary/aromatic N) is 2. The molecule has 0 radical (unpaired) electrons. The fourth-order valence-corrected chi connectivity index (χ4v) is 1.99. The Hall–Kier alpha value is -2.57. The monoisotopic (exact) mass is 279 g/mol. The van der Waals surface area contributed by atoms with Gasteiger partial charge in [-0.2, -0.15) is 13.2 Å². The number of benzene rings is 2. The maximum absolute atomic E-state index is 12.7. The van der Waals surface area contributed by atoms with E-state index in [1.165, 1.54) is 6.07 Å². The summed E-state index contributed by atoms with van der Waals surface area (Å²) in [6.07, 6.45) is -4.41. The third-order valence-electron chi connectivity index (χ3n) is 2.88. The Bertz CT molecular complexity index is 780. The lowest BCUT2D eigenvalue weighted by Gasteiger charge is -2.09. The smallest absolute Gasteiger partial charge is 0.399 e. The van der Waals surface area contributed by atoms with E-state index in [0.717, 1.165) is 12.1 Å². The van der Waals surface area contributed by atoms with Crippen molar-refractivity contribution in [2.75, 3.05) is 5.73 Å². The molecular weight excluding hydrogens is 271 g/mol. The molecule has 0 unspecified atom stereocenters. The van der Waals surface area contributed by atoms with E-state index >= 15 is 0 Å². The van der Waals surface area contributed by atoms with Crippen molar-refractivity contribution >= 4 is 16.7 Å². The van der Waals surface area contributed by atoms with E-state index in [0.29, 0.717) is 27.8 Å². The van der Waals surface area contributed by atoms with Crippen LogP contribution in [0.5, 0.6) is 0 Å². The van der Waals surface area contributed by atoms with Crippen LogP contribution in [0.1, 0.15) is 5.56 Å². The lowest BCUT2D eigenvalue weighted by molar-refractivity contribution is -0.137. The van der Waals surface area contributed by atoms with Gasteiger partial charge in [-0.05, 0) is 40.1 Å². The Kier molecular flexibility index (Phi) is 2.63. The Morgan fingerprint density at radius 1 is 1.05 bits per heavy atom. The summed E-state index contributed by atoms with van der Waals surface area (Å²) in [5.41, 5.74) is 6.93. The minimum atomic E-state index is -4.41. The molecule has 1 heterocycles. The van der Waals surface area contributed by atoms with E-state index in [1.54, 1.807) is 18.2 Å². The Balaban J connectivity index is 2.23. The fourth-order valence-electron chi connectivity index (χ4n) is 1.99. The molecule has 3 aromatic rings. The molecule has 0 fully saturated rings. The first kappa shape index (κ1) is 12.5. The number of alkyl halides is 3. The molecule has 4 nitrogen and oxygen atoms in total. The summed E-state index contributed by atoms with van der Waals surface area (Å²) in [6.45, 7) is 0. The zero-order valence-corrected chi connectivity index (χ0v) is 9.98. The van der Waals surface area contributed by atoms with Crippen molar-refractivity contribution in [3.05, 3.63) is 42.0 Å². The third kappa shape index (κ3) is 2.07. The molecule has 3 rings (SSSR count). The predicted molar refractivity (Wildman–Crippen MR) is 66.7 cm³/mol. The highest BCUT2D eigenvalue weighted by Gasteiger charge is 2.30. The van der Waals surface area contributed by atoms with Crippen LogP contribution in [0.25, 0.3) is 22.2 Å². The van der Waals surface area contributed by atoms with Gasteiger partial charge < -0.3 is 5.73 Å². The number of nitrogen functional groups attached to an aromatic ring is 1. The molecule has 0 aliphatic heterocycles. The molecule has 0 aliphatic carbocycles. The van der Waals surface area contributed by atoms with Crippen molar-refractivity contribution in [2.24, 2.45) is 0 Å². The quantitative estimate of drug-likeness (QED) is 0.692. The molecule has 20 heavy (non-hydrogen) atoms. The van der Waals surface area contributed by atoms with Crippen LogP contribution >= 0.6 is 0 Å². The number of hydrogen-bond acceptors (Lipinski definition) is 4. The molecule has 0 aliphatic rings. The Morgan fingerprint density at radius 3 is 2.60 bits per heavy atom. The van der Waals surface area contributed by atoms with Crippen LogP contribution < -0.4 is 5.73 Å². The summed E-state index contributed by atoms with van der Waals surface area (Å²) < 4.78 is 42.8. The molecular formula is C13H8F3N3O. The maximum atomic E-state index is 12.7. The van der Waals surface area contributed by atoms with Crippen LogP contribution in [0.2, 0.25) is 0 Å². The second-order valence-corrected chi connectivity index (χ2v) is 4.28. The molecule has 0 spiro atoms. The van der Waals surface area contributed by atoms with E-state index in [2.05, 4.69) is 14.9 Å². The van der Waals surface area contributed by atoms with E-state index < -0.39 is 11.7 Å². The number of aromatic nitrogens is 2. The van der Waals surface area contributed by atoms with Gasteiger partial charge in [0.15, 0.2) is 0 Å². The van der Waals surface area contributed by atoms with Crippen LogP contribution in [0, 0.1) is 0 Å². The summed E-state index contributed by atoms with van der Waals surface area (Å²) in [5, 5.41) is 7.35. The highest BCUT2D eigenvalue weighted by molar-refractivity contribution is 5.93. The molecule has 0 bridgehead atoms. The largest absolute Gasteiger partial charge is 0.416 e. The minimum Gasteiger partial charge on any atom is -0.399 e. The maximum Gasteiger partial charge on any atom is 0.416 e. The number of rotatable bonds is 1. The van der Waals surface area contributed by atoms with Crippen molar-refractivity contribution in [1.29, 1.82) is 0 Å². The highest BCUT2D eigenvalue weighted by Crippen LogP contribution is 2.34. The predicted octanol–water partition coefficient (Wildman–Crippen LogP) is 3.49. The summed E-state index contributed by atoms with van der Waals surface area (Å²) in [6, 6.07) is 8.03. The van der Waals surface area contributed by atoms with Gasteiger partial charge in [-0.1, -0.05) is 12.1 Å². The average Bonchev–Trinajstić information content (AvgIpc) is 2.85. The van der Waals surface area contributed by atoms with Crippen LogP contribution in [0.3, 0.4) is 0 Å². The van der Waals surface area contributed by atoms with E-state index in [1.807, 2.05) is 0 Å². The molecule has 0 saturated heterocycles. The molecule has 0 saturated carbocycles. The van der Waals surface area contributed by atoms with Gasteiger partial charge in [0.2, 0.25) is 0 Å². The van der Waals surface area contributed by atoms with Crippen molar-refractivity contribution < 1.29 is 17.8 Å². The summed E-state index contributed by atoms with van der Waals surface area (Å²) in [5.74, 6) is 0. The topological polar surface area (TPSA) is 64.9 Å². The van der Waals surface area contributed by atoms with Crippen LogP contribution in [0.4, 0.5) is 18.9 Å². The normalized spacial score (nSPS) is 11.9. The van der Waals surface area contributed by atoms with E-state index in [4.69, 9.17) is 5.73 Å². The van der Waals surface area contributed by atoms with Crippen molar-refractivity contribution in [3.8, 4) is 11.1 Å². The van der Waals surface area contributed by atoms with E-state index in [-0.39, 0.29) is 0 Å². The number of anilines is 1. The first-order valence-corrected chi connectivity index (χ1v) is 5.64. The summed E-state index contributed by atoms with van der Waals surface area (Å²) in [4.78, 5) is 0. The summed E-state index contributed by atoms with van der Waals surface area (Å²) >= 11 is 0. The van der Waals surface area contributed by atoms with Crippen LogP contribution in [-0.2, 0) is 6.18 Å². The number of halogens is 3. The SMILES string of the molecule is Nc1cc(-c2cccc(C(F)(F)F)c2)c2nonc2c1. The van der Waals surface area contributed by atoms with E-state index in [9.17, 15) is 13.2 Å². The first-order valence-electron chi connectivity index (χ1n) is 5.64. The molecule has 0 atom stereocenters. The number of fused-ring (bicyclic) bond motifs is 1. The average molecular weight is 279 g/mol. The lowest BCUT2D eigenvalue weighted by atomic mass is 10.0. The minimum absolute atomic E-state index is 0.354. The molecule has 7 heteroatoms. The molecule has 102 valence electrons. The second kappa shape index (κ2) is 4.22. The Morgan fingerprint density at radius 2 is 1.85 bits per heavy atom. The van der Waals surface area contributed by atoms with Crippen LogP contribution in [-0.4, -0.2) is 10.3 Å². The van der Waals surface area contributed by atoms with Crippen molar-refractivity contribution in [1.82, 2.24) is 10.3 Å². The zero-order valence-electron chi connectivity index (χ0n) is 9.98. The van der Waals surface area contributed by atoms with Gasteiger partial charge in [-0.3, -0.25) is 0 Å². The first-order chi connectivity index (χ1) is 9.45. The van der Waals surface area contributed by atoms with Gasteiger partial charge in [0.1, 0.15) is 11.0 Å². The Labute approximate surface area is 111 Å².